The van der Waals surface area contributed by atoms with E-state index in [9.17, 15) is 13.2 Å². The van der Waals surface area contributed by atoms with Gasteiger partial charge in [-0.15, -0.1) is 0 Å². The zero-order valence-electron chi connectivity index (χ0n) is 17.8. The van der Waals surface area contributed by atoms with Crippen molar-refractivity contribution in [1.29, 1.82) is 0 Å². The monoisotopic (exact) mass is 434 g/mol. The van der Waals surface area contributed by atoms with E-state index in [1.54, 1.807) is 18.3 Å². The van der Waals surface area contributed by atoms with Crippen molar-refractivity contribution in [3.05, 3.63) is 24.5 Å². The quantitative estimate of drug-likeness (QED) is 0.743. The van der Waals surface area contributed by atoms with Crippen LogP contribution in [0.2, 0.25) is 0 Å². The van der Waals surface area contributed by atoms with Gasteiger partial charge in [0.05, 0.1) is 5.92 Å². The maximum absolute atomic E-state index is 13.2. The van der Waals surface area contributed by atoms with Gasteiger partial charge in [-0.1, -0.05) is 25.7 Å². The fraction of sp³-hybridized carbons (Fsp3) is 0.727. The van der Waals surface area contributed by atoms with Crippen molar-refractivity contribution in [3.63, 3.8) is 0 Å². The van der Waals surface area contributed by atoms with Crippen LogP contribution in [0.5, 0.6) is 0 Å². The first kappa shape index (κ1) is 21.7. The molecule has 0 radical (unpaired) electrons. The predicted octanol–water partition coefficient (Wildman–Crippen LogP) is 2.25. The van der Waals surface area contributed by atoms with E-state index in [1.165, 1.54) is 36.2 Å². The predicted molar refractivity (Wildman–Crippen MR) is 115 cm³/mol. The first-order valence-corrected chi connectivity index (χ1v) is 12.9. The Hall–Kier alpha value is -1.51. The largest absolute Gasteiger partial charge is 0.355 e. The molecule has 1 atom stereocenters. The minimum Gasteiger partial charge on any atom is -0.355 e. The van der Waals surface area contributed by atoms with Gasteiger partial charge >= 0.3 is 0 Å². The molecule has 4 rings (SSSR count). The number of sulfonamides is 1. The number of hydrogen-bond donors (Lipinski definition) is 1. The number of likely N-dealkylation sites (tertiary alicyclic amines) is 1. The summed E-state index contributed by atoms with van der Waals surface area (Å²) in [5.41, 5.74) is -0.233. The zero-order chi connectivity index (χ0) is 21.0. The molecule has 7 nitrogen and oxygen atoms in total. The third kappa shape index (κ3) is 4.55. The molecule has 1 amide bonds. The number of hydrogen-bond acceptors (Lipinski definition) is 5. The molecule has 3 aliphatic rings. The van der Waals surface area contributed by atoms with Crippen LogP contribution in [0.1, 0.15) is 51.4 Å². The van der Waals surface area contributed by atoms with E-state index in [0.717, 1.165) is 45.3 Å². The highest BCUT2D eigenvalue weighted by Gasteiger charge is 2.53. The number of carbonyl (C=O) groups excluding carboxylic acids is 1. The summed E-state index contributed by atoms with van der Waals surface area (Å²) >= 11 is 0. The van der Waals surface area contributed by atoms with Crippen LogP contribution in [-0.2, 0) is 14.8 Å². The maximum Gasteiger partial charge on any atom is 0.244 e. The molecule has 3 heterocycles. The first-order valence-electron chi connectivity index (χ1n) is 11.4. The molecular formula is C22H34N4O3S. The number of amides is 1. The lowest BCUT2D eigenvalue weighted by Crippen LogP contribution is -2.45. The summed E-state index contributed by atoms with van der Waals surface area (Å²) in [6, 6.07) is 3.23. The molecule has 1 saturated carbocycles. The van der Waals surface area contributed by atoms with Crippen molar-refractivity contribution in [3.8, 4) is 0 Å². The van der Waals surface area contributed by atoms with Crippen molar-refractivity contribution in [2.24, 2.45) is 11.3 Å². The molecule has 8 heteroatoms. The van der Waals surface area contributed by atoms with Crippen LogP contribution in [0.25, 0.3) is 0 Å². The average molecular weight is 435 g/mol. The van der Waals surface area contributed by atoms with Crippen molar-refractivity contribution in [1.82, 2.24) is 19.5 Å². The molecule has 30 heavy (non-hydrogen) atoms. The smallest absolute Gasteiger partial charge is 0.244 e. The summed E-state index contributed by atoms with van der Waals surface area (Å²) < 4.78 is 27.9. The summed E-state index contributed by atoms with van der Waals surface area (Å²) in [7, 11) is -3.64. The minimum absolute atomic E-state index is 0.0257. The molecule has 1 N–H and O–H groups in total. The Morgan fingerprint density at radius 1 is 1.13 bits per heavy atom. The van der Waals surface area contributed by atoms with Crippen LogP contribution in [0.3, 0.4) is 0 Å². The van der Waals surface area contributed by atoms with Gasteiger partial charge in [-0.05, 0) is 56.3 Å². The molecule has 0 aromatic carbocycles. The summed E-state index contributed by atoms with van der Waals surface area (Å²) in [6.07, 6.45) is 11.9. The lowest BCUT2D eigenvalue weighted by atomic mass is 9.67. The number of piperidine rings is 1. The van der Waals surface area contributed by atoms with E-state index >= 15 is 0 Å². The van der Waals surface area contributed by atoms with E-state index in [1.807, 2.05) is 0 Å². The van der Waals surface area contributed by atoms with Gasteiger partial charge in [0, 0.05) is 38.6 Å². The number of rotatable bonds is 6. The average Bonchev–Trinajstić information content (AvgIpc) is 3.15. The molecule has 1 unspecified atom stereocenters. The molecule has 0 bridgehead atoms. The second-order valence-corrected chi connectivity index (χ2v) is 11.1. The summed E-state index contributed by atoms with van der Waals surface area (Å²) in [6.45, 7) is 4.45. The molecule has 2 aliphatic heterocycles. The Balaban J connectivity index is 1.45. The standard InChI is InChI=1S/C22H34N4O3S/c27-21(24-12-15-25-13-5-2-6-14-25)20-17-26(18-22(20)9-3-1-4-10-22)30(28,29)19-8-7-11-23-16-19/h7-8,11,16,20H,1-6,9-10,12-15,17-18H2,(H,24,27). The highest BCUT2D eigenvalue weighted by atomic mass is 32.2. The fourth-order valence-corrected chi connectivity index (χ4v) is 7.04. The summed E-state index contributed by atoms with van der Waals surface area (Å²) in [5.74, 6) is -0.247. The van der Waals surface area contributed by atoms with Crippen LogP contribution in [-0.4, -0.2) is 67.8 Å². The highest BCUT2D eigenvalue weighted by Crippen LogP contribution is 2.48. The number of pyridine rings is 1. The first-order chi connectivity index (χ1) is 14.5. The Morgan fingerprint density at radius 3 is 2.57 bits per heavy atom. The Kier molecular flexibility index (Phi) is 6.75. The molecule has 3 fully saturated rings. The van der Waals surface area contributed by atoms with Crippen LogP contribution in [0, 0.1) is 11.3 Å². The van der Waals surface area contributed by atoms with Crippen LogP contribution in [0.15, 0.2) is 29.4 Å². The van der Waals surface area contributed by atoms with E-state index in [2.05, 4.69) is 15.2 Å². The molecule has 2 saturated heterocycles. The highest BCUT2D eigenvalue weighted by molar-refractivity contribution is 7.89. The van der Waals surface area contributed by atoms with Gasteiger partial charge in [0.2, 0.25) is 15.9 Å². The van der Waals surface area contributed by atoms with Crippen LogP contribution >= 0.6 is 0 Å². The van der Waals surface area contributed by atoms with Crippen molar-refractivity contribution in [2.75, 3.05) is 39.3 Å². The van der Waals surface area contributed by atoms with Gasteiger partial charge in [-0.3, -0.25) is 9.78 Å². The minimum atomic E-state index is -3.64. The SMILES string of the molecule is O=C(NCCN1CCCCC1)C1CN(S(=O)(=O)c2cccnc2)CC12CCCCC2. The lowest BCUT2D eigenvalue weighted by molar-refractivity contribution is -0.128. The molecule has 166 valence electrons. The van der Waals surface area contributed by atoms with Gasteiger partial charge in [0.15, 0.2) is 0 Å². The Labute approximate surface area is 180 Å². The summed E-state index contributed by atoms with van der Waals surface area (Å²) in [4.78, 5) is 19.8. The topological polar surface area (TPSA) is 82.6 Å². The van der Waals surface area contributed by atoms with Crippen LogP contribution in [0.4, 0.5) is 0 Å². The van der Waals surface area contributed by atoms with Crippen molar-refractivity contribution < 1.29 is 13.2 Å². The zero-order valence-corrected chi connectivity index (χ0v) is 18.6. The van der Waals surface area contributed by atoms with Gasteiger partial charge < -0.3 is 10.2 Å². The Morgan fingerprint density at radius 2 is 1.87 bits per heavy atom. The molecule has 1 spiro atoms. The van der Waals surface area contributed by atoms with Crippen LogP contribution < -0.4 is 5.32 Å². The van der Waals surface area contributed by atoms with Crippen molar-refractivity contribution >= 4 is 15.9 Å². The fourth-order valence-electron chi connectivity index (χ4n) is 5.52. The summed E-state index contributed by atoms with van der Waals surface area (Å²) in [5, 5.41) is 3.14. The number of nitrogens with zero attached hydrogens (tertiary/aromatic N) is 3. The molecule has 1 aliphatic carbocycles. The normalized spacial score (nSPS) is 25.4. The van der Waals surface area contributed by atoms with Crippen molar-refractivity contribution in [2.45, 2.75) is 56.3 Å². The van der Waals surface area contributed by atoms with E-state index in [0.29, 0.717) is 13.1 Å². The molecule has 1 aromatic rings. The number of aromatic nitrogens is 1. The number of carbonyl (C=O) groups is 1. The number of nitrogens with one attached hydrogen (secondary N) is 1. The van der Waals surface area contributed by atoms with Gasteiger partial charge in [-0.2, -0.15) is 4.31 Å². The second kappa shape index (κ2) is 9.32. The lowest BCUT2D eigenvalue weighted by Gasteiger charge is -2.37. The van der Waals surface area contributed by atoms with Gasteiger partial charge in [0.1, 0.15) is 4.90 Å². The third-order valence-electron chi connectivity index (χ3n) is 7.23. The molecular weight excluding hydrogens is 400 g/mol. The third-order valence-corrected chi connectivity index (χ3v) is 9.03. The van der Waals surface area contributed by atoms with Gasteiger partial charge in [0.25, 0.3) is 0 Å². The van der Waals surface area contributed by atoms with Gasteiger partial charge in [-0.25, -0.2) is 8.42 Å². The van der Waals surface area contributed by atoms with E-state index in [4.69, 9.17) is 0 Å². The Bertz CT molecular complexity index is 818. The van der Waals surface area contributed by atoms with E-state index in [-0.39, 0.29) is 28.7 Å². The van der Waals surface area contributed by atoms with E-state index < -0.39 is 10.0 Å². The second-order valence-electron chi connectivity index (χ2n) is 9.16. The maximum atomic E-state index is 13.2. The molecule has 1 aromatic heterocycles.